The van der Waals surface area contributed by atoms with Gasteiger partial charge in [0.2, 0.25) is 5.91 Å². The van der Waals surface area contributed by atoms with E-state index in [4.69, 9.17) is 4.74 Å². The summed E-state index contributed by atoms with van der Waals surface area (Å²) in [6, 6.07) is 5.04. The Morgan fingerprint density at radius 3 is 2.58 bits per heavy atom. The quantitative estimate of drug-likeness (QED) is 0.551. The molecule has 2 saturated heterocycles. The highest BCUT2D eigenvalue weighted by Crippen LogP contribution is 2.22. The SMILES string of the molecule is O=C(CCN1CCCCC1)NCC[C@@H]1CC[C@H](NC(=O)c2ccc(F)cc2)[C@H](CO)O1. The Morgan fingerprint density at radius 2 is 1.87 bits per heavy atom. The van der Waals surface area contributed by atoms with Gasteiger partial charge >= 0.3 is 0 Å². The second-order valence-corrected chi connectivity index (χ2v) is 8.43. The van der Waals surface area contributed by atoms with Gasteiger partial charge < -0.3 is 25.4 Å². The van der Waals surface area contributed by atoms with E-state index in [1.165, 1.54) is 43.5 Å². The fourth-order valence-corrected chi connectivity index (χ4v) is 4.27. The molecule has 3 N–H and O–H groups in total. The Labute approximate surface area is 183 Å². The molecule has 2 aliphatic heterocycles. The molecule has 2 amide bonds. The fourth-order valence-electron chi connectivity index (χ4n) is 4.27. The minimum Gasteiger partial charge on any atom is -0.394 e. The number of hydrogen-bond acceptors (Lipinski definition) is 5. The van der Waals surface area contributed by atoms with Crippen molar-refractivity contribution in [3.63, 3.8) is 0 Å². The van der Waals surface area contributed by atoms with Crippen LogP contribution in [0.15, 0.2) is 24.3 Å². The van der Waals surface area contributed by atoms with Gasteiger partial charge in [-0.05, 0) is 69.5 Å². The third-order valence-corrected chi connectivity index (χ3v) is 6.11. The number of aliphatic hydroxyl groups excluding tert-OH is 1. The predicted octanol–water partition coefficient (Wildman–Crippen LogP) is 1.85. The van der Waals surface area contributed by atoms with Crippen LogP contribution in [0.2, 0.25) is 0 Å². The molecule has 0 aliphatic carbocycles. The molecule has 172 valence electrons. The van der Waals surface area contributed by atoms with Gasteiger partial charge in [0.25, 0.3) is 5.91 Å². The first-order chi connectivity index (χ1) is 15.0. The summed E-state index contributed by atoms with van der Waals surface area (Å²) < 4.78 is 19.0. The molecule has 31 heavy (non-hydrogen) atoms. The number of carbonyl (C=O) groups excluding carboxylic acids is 2. The molecular weight excluding hydrogens is 401 g/mol. The molecule has 3 rings (SSSR count). The van der Waals surface area contributed by atoms with E-state index in [2.05, 4.69) is 15.5 Å². The molecule has 0 spiro atoms. The van der Waals surface area contributed by atoms with Crippen LogP contribution in [0.1, 0.15) is 55.3 Å². The van der Waals surface area contributed by atoms with Crippen molar-refractivity contribution in [2.75, 3.05) is 32.8 Å². The third-order valence-electron chi connectivity index (χ3n) is 6.11. The van der Waals surface area contributed by atoms with Crippen LogP contribution in [0.4, 0.5) is 4.39 Å². The van der Waals surface area contributed by atoms with Gasteiger partial charge in [-0.1, -0.05) is 6.42 Å². The third kappa shape index (κ3) is 7.55. The molecule has 7 nitrogen and oxygen atoms in total. The average Bonchev–Trinajstić information content (AvgIpc) is 2.79. The lowest BCUT2D eigenvalue weighted by Gasteiger charge is -2.36. The van der Waals surface area contributed by atoms with Gasteiger partial charge in [0, 0.05) is 25.1 Å². The minimum atomic E-state index is -0.502. The van der Waals surface area contributed by atoms with Gasteiger partial charge in [0.1, 0.15) is 11.9 Å². The fraction of sp³-hybridized carbons (Fsp3) is 0.652. The van der Waals surface area contributed by atoms with E-state index in [1.807, 2.05) is 0 Å². The highest BCUT2D eigenvalue weighted by molar-refractivity contribution is 5.94. The molecule has 0 saturated carbocycles. The Bertz CT molecular complexity index is 709. The molecule has 2 aliphatic rings. The summed E-state index contributed by atoms with van der Waals surface area (Å²) in [5, 5.41) is 15.5. The number of halogens is 1. The summed E-state index contributed by atoms with van der Waals surface area (Å²) in [6.07, 6.45) is 5.75. The average molecular weight is 436 g/mol. The zero-order valence-electron chi connectivity index (χ0n) is 18.0. The van der Waals surface area contributed by atoms with Crippen molar-refractivity contribution < 1.29 is 23.8 Å². The largest absolute Gasteiger partial charge is 0.394 e. The number of carbonyl (C=O) groups is 2. The molecule has 0 bridgehead atoms. The number of hydrogen-bond donors (Lipinski definition) is 3. The first-order valence-corrected chi connectivity index (χ1v) is 11.4. The van der Waals surface area contributed by atoms with Crippen LogP contribution in [0.5, 0.6) is 0 Å². The van der Waals surface area contributed by atoms with E-state index in [0.29, 0.717) is 31.4 Å². The summed E-state index contributed by atoms with van der Waals surface area (Å²) in [7, 11) is 0. The van der Waals surface area contributed by atoms with Crippen molar-refractivity contribution >= 4 is 11.8 Å². The van der Waals surface area contributed by atoms with Gasteiger partial charge in [-0.3, -0.25) is 9.59 Å². The molecule has 1 aromatic carbocycles. The van der Waals surface area contributed by atoms with E-state index < -0.39 is 11.9 Å². The van der Waals surface area contributed by atoms with Crippen LogP contribution in [0.25, 0.3) is 0 Å². The molecule has 0 radical (unpaired) electrons. The van der Waals surface area contributed by atoms with E-state index in [-0.39, 0.29) is 30.6 Å². The molecule has 8 heteroatoms. The van der Waals surface area contributed by atoms with Crippen LogP contribution < -0.4 is 10.6 Å². The normalized spacial score (nSPS) is 24.5. The summed E-state index contributed by atoms with van der Waals surface area (Å²) in [5.41, 5.74) is 0.368. The van der Waals surface area contributed by atoms with Crippen LogP contribution in [-0.2, 0) is 9.53 Å². The maximum absolute atomic E-state index is 13.0. The molecular formula is C23H34FN3O4. The van der Waals surface area contributed by atoms with Crippen LogP contribution in [-0.4, -0.2) is 72.9 Å². The van der Waals surface area contributed by atoms with Crippen molar-refractivity contribution in [2.45, 2.75) is 63.2 Å². The number of benzene rings is 1. The number of aliphatic hydroxyl groups is 1. The molecule has 1 aromatic rings. The molecule has 3 atom stereocenters. The zero-order valence-corrected chi connectivity index (χ0v) is 18.0. The van der Waals surface area contributed by atoms with Crippen molar-refractivity contribution in [1.29, 1.82) is 0 Å². The van der Waals surface area contributed by atoms with E-state index in [9.17, 15) is 19.1 Å². The van der Waals surface area contributed by atoms with Crippen molar-refractivity contribution in [2.24, 2.45) is 0 Å². The summed E-state index contributed by atoms with van der Waals surface area (Å²) in [5.74, 6) is -0.650. The van der Waals surface area contributed by atoms with Gasteiger partial charge in [-0.2, -0.15) is 0 Å². The van der Waals surface area contributed by atoms with E-state index in [0.717, 1.165) is 26.1 Å². The van der Waals surface area contributed by atoms with Crippen molar-refractivity contribution in [3.05, 3.63) is 35.6 Å². The standard InChI is InChI=1S/C23H34FN3O4/c24-18-6-4-17(5-7-18)23(30)26-20-9-8-19(31-21(20)16-28)10-12-25-22(29)11-15-27-13-2-1-3-14-27/h4-7,19-21,28H,1-3,8-16H2,(H,25,29)(H,26,30)/t19-,20-,21-/m0/s1. The second kappa shape index (κ2) is 12.1. The second-order valence-electron chi connectivity index (χ2n) is 8.43. The zero-order chi connectivity index (χ0) is 22.1. The van der Waals surface area contributed by atoms with Crippen molar-refractivity contribution in [1.82, 2.24) is 15.5 Å². The first kappa shape index (κ1) is 23.6. The summed E-state index contributed by atoms with van der Waals surface area (Å²) in [4.78, 5) is 26.8. The van der Waals surface area contributed by atoms with E-state index in [1.54, 1.807) is 0 Å². The lowest BCUT2D eigenvalue weighted by molar-refractivity contribution is -0.122. The summed E-state index contributed by atoms with van der Waals surface area (Å²) >= 11 is 0. The Kier molecular flexibility index (Phi) is 9.24. The number of piperidine rings is 1. The number of rotatable bonds is 9. The van der Waals surface area contributed by atoms with E-state index >= 15 is 0 Å². The van der Waals surface area contributed by atoms with Crippen LogP contribution in [0, 0.1) is 5.82 Å². The Balaban J connectivity index is 1.35. The maximum atomic E-state index is 13.0. The van der Waals surface area contributed by atoms with Crippen LogP contribution in [0.3, 0.4) is 0 Å². The topological polar surface area (TPSA) is 90.9 Å². The molecule has 0 aromatic heterocycles. The number of amides is 2. The van der Waals surface area contributed by atoms with Gasteiger partial charge in [-0.25, -0.2) is 4.39 Å². The minimum absolute atomic E-state index is 0.0597. The van der Waals surface area contributed by atoms with Crippen molar-refractivity contribution in [3.8, 4) is 0 Å². The number of ether oxygens (including phenoxy) is 1. The lowest BCUT2D eigenvalue weighted by Crippen LogP contribution is -2.51. The monoisotopic (exact) mass is 435 g/mol. The highest BCUT2D eigenvalue weighted by Gasteiger charge is 2.32. The maximum Gasteiger partial charge on any atom is 0.251 e. The highest BCUT2D eigenvalue weighted by atomic mass is 19.1. The smallest absolute Gasteiger partial charge is 0.251 e. The van der Waals surface area contributed by atoms with Gasteiger partial charge in [0.15, 0.2) is 0 Å². The lowest BCUT2D eigenvalue weighted by atomic mass is 9.96. The number of likely N-dealkylation sites (tertiary alicyclic amines) is 1. The van der Waals surface area contributed by atoms with Crippen LogP contribution >= 0.6 is 0 Å². The summed E-state index contributed by atoms with van der Waals surface area (Å²) in [6.45, 7) is 3.32. The van der Waals surface area contributed by atoms with Gasteiger partial charge in [0.05, 0.1) is 18.8 Å². The number of nitrogens with zero attached hydrogens (tertiary/aromatic N) is 1. The molecule has 0 unspecified atom stereocenters. The molecule has 2 fully saturated rings. The first-order valence-electron chi connectivity index (χ1n) is 11.4. The Hall–Kier alpha value is -2.03. The molecule has 2 heterocycles. The van der Waals surface area contributed by atoms with Gasteiger partial charge in [-0.15, -0.1) is 0 Å². The number of nitrogens with one attached hydrogen (secondary N) is 2. The predicted molar refractivity (Wildman–Crippen MR) is 115 cm³/mol. The Morgan fingerprint density at radius 1 is 1.13 bits per heavy atom.